The molecule has 23 heavy (non-hydrogen) atoms. The van der Waals surface area contributed by atoms with E-state index in [0.717, 1.165) is 29.3 Å². The molecule has 0 saturated carbocycles. The van der Waals surface area contributed by atoms with Crippen molar-refractivity contribution in [3.05, 3.63) is 40.4 Å². The number of likely N-dealkylation sites (N-methyl/N-ethyl adjacent to an activating group) is 1. The number of halogens is 1. The molecule has 5 nitrogen and oxygen atoms in total. The lowest BCUT2D eigenvalue weighted by molar-refractivity contribution is -0.130. The Morgan fingerprint density at radius 2 is 1.96 bits per heavy atom. The fourth-order valence-corrected chi connectivity index (χ4v) is 3.36. The van der Waals surface area contributed by atoms with Crippen molar-refractivity contribution in [2.75, 3.05) is 13.1 Å². The lowest BCUT2D eigenvalue weighted by atomic mass is 10.2. The second-order valence-electron chi connectivity index (χ2n) is 5.11. The Morgan fingerprint density at radius 1 is 1.26 bits per heavy atom. The van der Waals surface area contributed by atoms with Crippen LogP contribution in [0, 0.1) is 0 Å². The molecule has 0 unspecified atom stereocenters. The summed E-state index contributed by atoms with van der Waals surface area (Å²) in [5, 5.41) is 7.17. The summed E-state index contributed by atoms with van der Waals surface area (Å²) >= 11 is 7.40. The van der Waals surface area contributed by atoms with Crippen molar-refractivity contribution >= 4 is 33.8 Å². The Bertz CT molecular complexity index is 820. The standard InChI is InChI=1S/C16H17ClN4OS/c1-3-20(4-2)14(22)9-13-10-23-16-18-15(19-21(13)16)11-5-7-12(17)8-6-11/h5-8,10H,3-4,9H2,1-2H3. The van der Waals surface area contributed by atoms with Crippen molar-refractivity contribution < 1.29 is 4.79 Å². The smallest absolute Gasteiger partial charge is 0.228 e. The second-order valence-corrected chi connectivity index (χ2v) is 6.38. The van der Waals surface area contributed by atoms with E-state index in [1.807, 2.05) is 48.4 Å². The van der Waals surface area contributed by atoms with Crippen molar-refractivity contribution in [2.45, 2.75) is 20.3 Å². The molecule has 0 fully saturated rings. The van der Waals surface area contributed by atoms with Gasteiger partial charge in [-0.05, 0) is 38.1 Å². The summed E-state index contributed by atoms with van der Waals surface area (Å²) in [6.07, 6.45) is 0.338. The molecule has 3 aromatic rings. The van der Waals surface area contributed by atoms with Gasteiger partial charge in [-0.15, -0.1) is 16.4 Å². The quantitative estimate of drug-likeness (QED) is 0.708. The van der Waals surface area contributed by atoms with Gasteiger partial charge in [-0.3, -0.25) is 4.79 Å². The molecule has 1 amide bonds. The van der Waals surface area contributed by atoms with Crippen LogP contribution in [0.1, 0.15) is 19.5 Å². The first kappa shape index (κ1) is 16.0. The lowest BCUT2D eigenvalue weighted by Crippen LogP contribution is -2.32. The third kappa shape index (κ3) is 3.23. The maximum Gasteiger partial charge on any atom is 0.228 e. The minimum absolute atomic E-state index is 0.109. The third-order valence-electron chi connectivity index (χ3n) is 3.70. The average Bonchev–Trinajstić information content (AvgIpc) is 3.11. The average molecular weight is 349 g/mol. The molecule has 2 aromatic heterocycles. The lowest BCUT2D eigenvalue weighted by Gasteiger charge is -2.17. The topological polar surface area (TPSA) is 50.5 Å². The van der Waals surface area contributed by atoms with Crippen LogP contribution in [-0.4, -0.2) is 38.5 Å². The zero-order valence-electron chi connectivity index (χ0n) is 13.0. The van der Waals surface area contributed by atoms with Crippen LogP contribution in [0.5, 0.6) is 0 Å². The monoisotopic (exact) mass is 348 g/mol. The third-order valence-corrected chi connectivity index (χ3v) is 4.82. The fraction of sp³-hybridized carbons (Fsp3) is 0.312. The minimum atomic E-state index is 0.109. The van der Waals surface area contributed by atoms with E-state index >= 15 is 0 Å². The number of carbonyl (C=O) groups excluding carboxylic acids is 1. The van der Waals surface area contributed by atoms with Gasteiger partial charge in [0.15, 0.2) is 5.82 Å². The molecule has 1 aromatic carbocycles. The summed E-state index contributed by atoms with van der Waals surface area (Å²) in [6, 6.07) is 7.42. The Kier molecular flexibility index (Phi) is 4.63. The second kappa shape index (κ2) is 6.68. The van der Waals surface area contributed by atoms with Gasteiger partial charge in [-0.25, -0.2) is 4.52 Å². The van der Waals surface area contributed by atoms with E-state index in [1.54, 1.807) is 4.52 Å². The normalized spacial score (nSPS) is 11.1. The van der Waals surface area contributed by atoms with Gasteiger partial charge < -0.3 is 4.90 Å². The number of amides is 1. The summed E-state index contributed by atoms with van der Waals surface area (Å²) in [5.41, 5.74) is 1.78. The van der Waals surface area contributed by atoms with E-state index in [9.17, 15) is 4.79 Å². The molecule has 0 N–H and O–H groups in total. The predicted octanol–water partition coefficient (Wildman–Crippen LogP) is 3.52. The Balaban J connectivity index is 1.89. The van der Waals surface area contributed by atoms with Crippen molar-refractivity contribution in [3.63, 3.8) is 0 Å². The van der Waals surface area contributed by atoms with E-state index in [0.29, 0.717) is 17.3 Å². The van der Waals surface area contributed by atoms with E-state index < -0.39 is 0 Å². The molecule has 7 heteroatoms. The van der Waals surface area contributed by atoms with Gasteiger partial charge in [0.2, 0.25) is 10.9 Å². The highest BCUT2D eigenvalue weighted by Gasteiger charge is 2.16. The molecule has 0 saturated heterocycles. The maximum atomic E-state index is 12.3. The van der Waals surface area contributed by atoms with E-state index in [4.69, 9.17) is 11.6 Å². The van der Waals surface area contributed by atoms with Crippen molar-refractivity contribution in [1.29, 1.82) is 0 Å². The first-order chi connectivity index (χ1) is 11.1. The van der Waals surface area contributed by atoms with Gasteiger partial charge in [0.1, 0.15) is 0 Å². The minimum Gasteiger partial charge on any atom is -0.343 e. The number of aromatic nitrogens is 3. The number of fused-ring (bicyclic) bond motifs is 1. The molecule has 0 spiro atoms. The van der Waals surface area contributed by atoms with Crippen LogP contribution in [0.25, 0.3) is 16.3 Å². The highest BCUT2D eigenvalue weighted by molar-refractivity contribution is 7.15. The Labute approximate surface area is 143 Å². The predicted molar refractivity (Wildman–Crippen MR) is 92.9 cm³/mol. The van der Waals surface area contributed by atoms with Crippen LogP contribution in [0.15, 0.2) is 29.6 Å². The van der Waals surface area contributed by atoms with E-state index in [2.05, 4.69) is 10.1 Å². The van der Waals surface area contributed by atoms with Crippen LogP contribution in [0.2, 0.25) is 5.02 Å². The molecule has 120 valence electrons. The largest absolute Gasteiger partial charge is 0.343 e. The number of benzene rings is 1. The van der Waals surface area contributed by atoms with Crippen LogP contribution in [0.4, 0.5) is 0 Å². The number of carbonyl (C=O) groups is 1. The maximum absolute atomic E-state index is 12.3. The number of hydrogen-bond acceptors (Lipinski definition) is 4. The molecule has 0 bridgehead atoms. The van der Waals surface area contributed by atoms with Crippen molar-refractivity contribution in [1.82, 2.24) is 19.5 Å². The summed E-state index contributed by atoms with van der Waals surface area (Å²) in [6.45, 7) is 5.41. The fourth-order valence-electron chi connectivity index (χ4n) is 2.41. The number of nitrogens with zero attached hydrogens (tertiary/aromatic N) is 4. The van der Waals surface area contributed by atoms with Crippen LogP contribution in [0.3, 0.4) is 0 Å². The first-order valence-electron chi connectivity index (χ1n) is 7.49. The SMILES string of the molecule is CCN(CC)C(=O)Cc1csc2nc(-c3ccc(Cl)cc3)nn12. The molecule has 0 aliphatic carbocycles. The Morgan fingerprint density at radius 3 is 2.61 bits per heavy atom. The van der Waals surface area contributed by atoms with Gasteiger partial charge in [-0.1, -0.05) is 11.6 Å². The van der Waals surface area contributed by atoms with Crippen molar-refractivity contribution in [2.24, 2.45) is 0 Å². The highest BCUT2D eigenvalue weighted by atomic mass is 35.5. The van der Waals surface area contributed by atoms with E-state index in [-0.39, 0.29) is 5.91 Å². The Hall–Kier alpha value is -1.92. The molecular formula is C16H17ClN4OS. The van der Waals surface area contributed by atoms with Gasteiger partial charge >= 0.3 is 0 Å². The van der Waals surface area contributed by atoms with Crippen LogP contribution in [-0.2, 0) is 11.2 Å². The molecule has 2 heterocycles. The number of hydrogen-bond donors (Lipinski definition) is 0. The summed E-state index contributed by atoms with van der Waals surface area (Å²) in [5.74, 6) is 0.753. The van der Waals surface area contributed by atoms with Crippen molar-refractivity contribution in [3.8, 4) is 11.4 Å². The van der Waals surface area contributed by atoms with Gasteiger partial charge in [0, 0.05) is 29.1 Å². The highest BCUT2D eigenvalue weighted by Crippen LogP contribution is 2.22. The molecule has 0 atom stereocenters. The zero-order chi connectivity index (χ0) is 16.4. The molecule has 3 rings (SSSR count). The summed E-state index contributed by atoms with van der Waals surface area (Å²) in [4.78, 5) is 19.4. The summed E-state index contributed by atoms with van der Waals surface area (Å²) < 4.78 is 1.76. The summed E-state index contributed by atoms with van der Waals surface area (Å²) in [7, 11) is 0. The molecule has 0 aliphatic heterocycles. The zero-order valence-corrected chi connectivity index (χ0v) is 14.6. The number of thiazole rings is 1. The van der Waals surface area contributed by atoms with Crippen LogP contribution >= 0.6 is 22.9 Å². The van der Waals surface area contributed by atoms with Crippen LogP contribution < -0.4 is 0 Å². The first-order valence-corrected chi connectivity index (χ1v) is 8.75. The van der Waals surface area contributed by atoms with Gasteiger partial charge in [0.25, 0.3) is 0 Å². The van der Waals surface area contributed by atoms with Gasteiger partial charge in [-0.2, -0.15) is 4.98 Å². The van der Waals surface area contributed by atoms with Gasteiger partial charge in [0.05, 0.1) is 12.1 Å². The molecular weight excluding hydrogens is 332 g/mol. The number of rotatable bonds is 5. The molecule has 0 aliphatic rings. The molecule has 0 radical (unpaired) electrons. The van der Waals surface area contributed by atoms with E-state index in [1.165, 1.54) is 11.3 Å².